The van der Waals surface area contributed by atoms with E-state index in [4.69, 9.17) is 5.73 Å². The number of hydrogen-bond acceptors (Lipinski definition) is 1. The predicted octanol–water partition coefficient (Wildman–Crippen LogP) is 3.30. The highest BCUT2D eigenvalue weighted by Crippen LogP contribution is 2.28. The van der Waals surface area contributed by atoms with E-state index in [2.05, 4.69) is 22.5 Å². The zero-order valence-corrected chi connectivity index (χ0v) is 9.02. The summed E-state index contributed by atoms with van der Waals surface area (Å²) in [5.41, 5.74) is 6.28. The number of rotatable bonds is 3. The first-order valence-corrected chi connectivity index (χ1v) is 4.87. The van der Waals surface area contributed by atoms with E-state index in [0.717, 1.165) is 6.07 Å². The molecule has 0 aromatic heterocycles. The van der Waals surface area contributed by atoms with Gasteiger partial charge in [-0.2, -0.15) is 0 Å². The Labute approximate surface area is 89.7 Å². The van der Waals surface area contributed by atoms with Gasteiger partial charge in [0.25, 0.3) is 0 Å². The quantitative estimate of drug-likeness (QED) is 0.656. The molecule has 1 aromatic rings. The summed E-state index contributed by atoms with van der Waals surface area (Å²) in [7, 11) is 0. The van der Waals surface area contributed by atoms with Crippen LogP contribution in [-0.4, -0.2) is 0 Å². The van der Waals surface area contributed by atoms with Crippen LogP contribution in [0.1, 0.15) is 18.0 Å². The van der Waals surface area contributed by atoms with Crippen LogP contribution in [0, 0.1) is 11.6 Å². The average Bonchev–Trinajstić information content (AvgIpc) is 2.15. The van der Waals surface area contributed by atoms with E-state index in [1.54, 1.807) is 6.08 Å². The van der Waals surface area contributed by atoms with Crippen molar-refractivity contribution in [3.8, 4) is 0 Å². The zero-order valence-electron chi connectivity index (χ0n) is 7.43. The van der Waals surface area contributed by atoms with Gasteiger partial charge in [-0.15, -0.1) is 6.58 Å². The molecule has 0 aliphatic heterocycles. The molecule has 0 heterocycles. The Morgan fingerprint density at radius 3 is 2.71 bits per heavy atom. The molecule has 0 unspecified atom stereocenters. The van der Waals surface area contributed by atoms with Gasteiger partial charge in [-0.25, -0.2) is 8.78 Å². The van der Waals surface area contributed by atoms with E-state index in [9.17, 15) is 8.78 Å². The second-order valence-corrected chi connectivity index (χ2v) is 3.69. The lowest BCUT2D eigenvalue weighted by atomic mass is 10.0. The van der Waals surface area contributed by atoms with Crippen molar-refractivity contribution in [1.29, 1.82) is 0 Å². The van der Waals surface area contributed by atoms with Gasteiger partial charge in [0.2, 0.25) is 0 Å². The van der Waals surface area contributed by atoms with Gasteiger partial charge in [0.15, 0.2) is 11.6 Å². The van der Waals surface area contributed by atoms with Crippen LogP contribution in [0.5, 0.6) is 0 Å². The standard InChI is InChI=1S/C10H10BrF2N/c1-2-3-8(14)6-4-5-7(12)10(13)9(6)11/h2,4-5,8H,1,3,14H2/t8-/m0/s1. The lowest BCUT2D eigenvalue weighted by Crippen LogP contribution is -2.10. The van der Waals surface area contributed by atoms with Crippen LogP contribution in [0.15, 0.2) is 29.3 Å². The Morgan fingerprint density at radius 2 is 2.14 bits per heavy atom. The number of benzene rings is 1. The van der Waals surface area contributed by atoms with Gasteiger partial charge in [-0.3, -0.25) is 0 Å². The van der Waals surface area contributed by atoms with Gasteiger partial charge >= 0.3 is 0 Å². The van der Waals surface area contributed by atoms with Crippen molar-refractivity contribution in [3.05, 3.63) is 46.5 Å². The molecule has 0 saturated heterocycles. The summed E-state index contributed by atoms with van der Waals surface area (Å²) in [6.07, 6.45) is 2.15. The molecule has 1 atom stereocenters. The third kappa shape index (κ3) is 2.19. The van der Waals surface area contributed by atoms with E-state index in [1.165, 1.54) is 6.07 Å². The van der Waals surface area contributed by atoms with Crippen LogP contribution in [0.25, 0.3) is 0 Å². The fourth-order valence-corrected chi connectivity index (χ4v) is 1.75. The maximum atomic E-state index is 13.1. The summed E-state index contributed by atoms with van der Waals surface area (Å²) in [6.45, 7) is 3.53. The lowest BCUT2D eigenvalue weighted by molar-refractivity contribution is 0.500. The summed E-state index contributed by atoms with van der Waals surface area (Å²) >= 11 is 2.97. The lowest BCUT2D eigenvalue weighted by Gasteiger charge is -2.12. The maximum absolute atomic E-state index is 13.1. The van der Waals surface area contributed by atoms with Crippen molar-refractivity contribution in [2.24, 2.45) is 5.73 Å². The molecule has 0 fully saturated rings. The molecule has 14 heavy (non-hydrogen) atoms. The number of halogens is 3. The third-order valence-corrected chi connectivity index (χ3v) is 2.69. The maximum Gasteiger partial charge on any atom is 0.173 e. The molecule has 0 saturated carbocycles. The monoisotopic (exact) mass is 261 g/mol. The Hall–Kier alpha value is -0.740. The molecule has 0 spiro atoms. The molecule has 76 valence electrons. The summed E-state index contributed by atoms with van der Waals surface area (Å²) < 4.78 is 25.9. The minimum absolute atomic E-state index is 0.0897. The Balaban J connectivity index is 3.10. The molecule has 1 aromatic carbocycles. The summed E-state index contributed by atoms with van der Waals surface area (Å²) in [5.74, 6) is -1.78. The Kier molecular flexibility index (Phi) is 3.77. The molecule has 0 amide bonds. The summed E-state index contributed by atoms with van der Waals surface area (Å²) in [5, 5.41) is 0. The van der Waals surface area contributed by atoms with Crippen LogP contribution >= 0.6 is 15.9 Å². The highest BCUT2D eigenvalue weighted by atomic mass is 79.9. The molecule has 0 bridgehead atoms. The smallest absolute Gasteiger partial charge is 0.173 e. The summed E-state index contributed by atoms with van der Waals surface area (Å²) in [6, 6.07) is 2.17. The van der Waals surface area contributed by atoms with Gasteiger partial charge in [0.05, 0.1) is 4.47 Å². The second-order valence-electron chi connectivity index (χ2n) is 2.90. The molecular weight excluding hydrogens is 252 g/mol. The molecule has 2 N–H and O–H groups in total. The van der Waals surface area contributed by atoms with Crippen molar-refractivity contribution in [2.75, 3.05) is 0 Å². The average molecular weight is 262 g/mol. The van der Waals surface area contributed by atoms with Gasteiger partial charge in [0.1, 0.15) is 0 Å². The SMILES string of the molecule is C=CC[C@H](N)c1ccc(F)c(F)c1Br. The van der Waals surface area contributed by atoms with Crippen LogP contribution in [0.3, 0.4) is 0 Å². The van der Waals surface area contributed by atoms with Crippen molar-refractivity contribution >= 4 is 15.9 Å². The van der Waals surface area contributed by atoms with Crippen molar-refractivity contribution < 1.29 is 8.78 Å². The second kappa shape index (κ2) is 4.66. The largest absolute Gasteiger partial charge is 0.324 e. The predicted molar refractivity (Wildman–Crippen MR) is 55.8 cm³/mol. The van der Waals surface area contributed by atoms with Gasteiger partial charge in [-0.1, -0.05) is 12.1 Å². The Bertz CT molecular complexity index is 352. The van der Waals surface area contributed by atoms with E-state index < -0.39 is 11.6 Å². The molecule has 0 radical (unpaired) electrons. The van der Waals surface area contributed by atoms with Crippen molar-refractivity contribution in [3.63, 3.8) is 0 Å². The first-order chi connectivity index (χ1) is 6.57. The van der Waals surface area contributed by atoms with Gasteiger partial charge < -0.3 is 5.73 Å². The minimum Gasteiger partial charge on any atom is -0.324 e. The third-order valence-electron chi connectivity index (χ3n) is 1.89. The van der Waals surface area contributed by atoms with Crippen molar-refractivity contribution in [2.45, 2.75) is 12.5 Å². The van der Waals surface area contributed by atoms with Gasteiger partial charge in [0, 0.05) is 6.04 Å². The first-order valence-electron chi connectivity index (χ1n) is 4.07. The molecule has 0 aliphatic carbocycles. The van der Waals surface area contributed by atoms with E-state index in [0.29, 0.717) is 12.0 Å². The molecule has 4 heteroatoms. The number of hydrogen-bond donors (Lipinski definition) is 1. The summed E-state index contributed by atoms with van der Waals surface area (Å²) in [4.78, 5) is 0. The molecule has 1 rings (SSSR count). The fourth-order valence-electron chi connectivity index (χ4n) is 1.13. The Morgan fingerprint density at radius 1 is 1.50 bits per heavy atom. The fraction of sp³-hybridized carbons (Fsp3) is 0.200. The van der Waals surface area contributed by atoms with Gasteiger partial charge in [-0.05, 0) is 34.0 Å². The normalized spacial score (nSPS) is 12.6. The van der Waals surface area contributed by atoms with Crippen LogP contribution in [0.2, 0.25) is 0 Å². The van der Waals surface area contributed by atoms with E-state index in [1.807, 2.05) is 0 Å². The molecule has 0 aliphatic rings. The first kappa shape index (κ1) is 11.3. The molecular formula is C10H10BrF2N. The van der Waals surface area contributed by atoms with E-state index in [-0.39, 0.29) is 10.5 Å². The highest BCUT2D eigenvalue weighted by molar-refractivity contribution is 9.10. The van der Waals surface area contributed by atoms with E-state index >= 15 is 0 Å². The van der Waals surface area contributed by atoms with Crippen LogP contribution in [0.4, 0.5) is 8.78 Å². The number of nitrogens with two attached hydrogens (primary N) is 1. The topological polar surface area (TPSA) is 26.0 Å². The van der Waals surface area contributed by atoms with Crippen molar-refractivity contribution in [1.82, 2.24) is 0 Å². The highest BCUT2D eigenvalue weighted by Gasteiger charge is 2.14. The minimum atomic E-state index is -0.901. The van der Waals surface area contributed by atoms with Crippen LogP contribution < -0.4 is 5.73 Å². The molecule has 1 nitrogen and oxygen atoms in total. The zero-order chi connectivity index (χ0) is 10.7. The van der Waals surface area contributed by atoms with Crippen LogP contribution in [-0.2, 0) is 0 Å².